The van der Waals surface area contributed by atoms with Gasteiger partial charge in [0.15, 0.2) is 6.29 Å². The third-order valence-electron chi connectivity index (χ3n) is 16.0. The Morgan fingerprint density at radius 2 is 1.83 bits per heavy atom. The van der Waals surface area contributed by atoms with Crippen molar-refractivity contribution in [2.24, 2.45) is 50.7 Å². The quantitative estimate of drug-likeness (QED) is 0.343. The van der Waals surface area contributed by atoms with Gasteiger partial charge >= 0.3 is 0 Å². The largest absolute Gasteiger partial charge is 0.389 e. The van der Waals surface area contributed by atoms with Crippen molar-refractivity contribution >= 4 is 11.8 Å². The Kier molecular flexibility index (Phi) is 8.04. The van der Waals surface area contributed by atoms with E-state index in [1.807, 2.05) is 4.90 Å². The zero-order chi connectivity index (χ0) is 34.0. The summed E-state index contributed by atoms with van der Waals surface area (Å²) in [5.74, 6) is 3.80. The van der Waals surface area contributed by atoms with Crippen LogP contribution >= 0.6 is 0 Å². The van der Waals surface area contributed by atoms with Crippen LogP contribution in [-0.4, -0.2) is 79.0 Å². The molecule has 6 aliphatic carbocycles. The van der Waals surface area contributed by atoms with Gasteiger partial charge in [-0.2, -0.15) is 0 Å². The van der Waals surface area contributed by atoms with Gasteiger partial charge in [-0.15, -0.1) is 0 Å². The molecule has 8 rings (SSSR count). The molecule has 2 heterocycles. The van der Waals surface area contributed by atoms with Crippen molar-refractivity contribution in [1.82, 2.24) is 9.80 Å². The minimum atomic E-state index is -0.613. The van der Waals surface area contributed by atoms with Crippen LogP contribution in [0.15, 0.2) is 0 Å². The summed E-state index contributed by atoms with van der Waals surface area (Å²) < 4.78 is 19.7. The first-order valence-corrected chi connectivity index (χ1v) is 19.4. The van der Waals surface area contributed by atoms with Gasteiger partial charge in [0, 0.05) is 44.8 Å². The molecule has 0 bridgehead atoms. The molecular formula is C40H61N2O6. The van der Waals surface area contributed by atoms with Gasteiger partial charge in [0.1, 0.15) is 6.10 Å². The molecule has 8 fully saturated rings. The maximum atomic E-state index is 12.9. The average molecular weight is 666 g/mol. The Bertz CT molecular complexity index is 1300. The molecule has 2 amide bonds. The fourth-order valence-electron chi connectivity index (χ4n) is 13.2. The number of aliphatic hydroxyl groups excluding tert-OH is 1. The summed E-state index contributed by atoms with van der Waals surface area (Å²) in [6.45, 7) is 13.9. The number of aliphatic hydroxyl groups is 1. The van der Waals surface area contributed by atoms with E-state index in [9.17, 15) is 14.7 Å². The van der Waals surface area contributed by atoms with Crippen molar-refractivity contribution in [1.29, 1.82) is 0 Å². The summed E-state index contributed by atoms with van der Waals surface area (Å²) in [5.41, 5.74) is 0.124. The van der Waals surface area contributed by atoms with Gasteiger partial charge in [-0.3, -0.25) is 9.59 Å². The van der Waals surface area contributed by atoms with Crippen LogP contribution in [0.5, 0.6) is 0 Å². The molecule has 2 aliphatic heterocycles. The molecule has 3 radical (unpaired) electrons. The van der Waals surface area contributed by atoms with Crippen molar-refractivity contribution in [2.45, 2.75) is 137 Å². The third kappa shape index (κ3) is 4.72. The number of fused-ring (bicyclic) bond motifs is 4. The minimum Gasteiger partial charge on any atom is -0.389 e. The van der Waals surface area contributed by atoms with Gasteiger partial charge in [-0.25, -0.2) is 0 Å². The molecule has 2 spiro atoms. The van der Waals surface area contributed by atoms with Gasteiger partial charge in [-0.1, -0.05) is 34.6 Å². The van der Waals surface area contributed by atoms with Gasteiger partial charge < -0.3 is 29.1 Å². The van der Waals surface area contributed by atoms with Crippen LogP contribution in [0.25, 0.3) is 0 Å². The van der Waals surface area contributed by atoms with Crippen LogP contribution in [0.1, 0.15) is 118 Å². The topological polar surface area (TPSA) is 88.5 Å². The third-order valence-corrected chi connectivity index (χ3v) is 16.0. The first kappa shape index (κ1) is 33.9. The Morgan fingerprint density at radius 3 is 2.56 bits per heavy atom. The molecule has 0 unspecified atom stereocenters. The normalized spacial score (nSPS) is 47.0. The number of rotatable bonds is 7. The summed E-state index contributed by atoms with van der Waals surface area (Å²) >= 11 is 0. The lowest BCUT2D eigenvalue weighted by atomic mass is 9.41. The smallest absolute Gasteiger partial charge is 0.223 e. The van der Waals surface area contributed by atoms with Crippen LogP contribution in [-0.2, 0) is 23.8 Å². The van der Waals surface area contributed by atoms with Crippen molar-refractivity contribution in [3.8, 4) is 0 Å². The number of ether oxygens (including phenoxy) is 3. The summed E-state index contributed by atoms with van der Waals surface area (Å²) in [5, 5.41) is 12.4. The van der Waals surface area contributed by atoms with E-state index in [1.54, 1.807) is 24.9 Å². The van der Waals surface area contributed by atoms with E-state index in [0.29, 0.717) is 56.7 Å². The number of amides is 2. The highest BCUT2D eigenvalue weighted by Crippen LogP contribution is 2.90. The Balaban J connectivity index is 0.981. The molecule has 267 valence electrons. The van der Waals surface area contributed by atoms with Crippen LogP contribution in [0, 0.1) is 68.9 Å². The van der Waals surface area contributed by atoms with Gasteiger partial charge in [0.25, 0.3) is 0 Å². The summed E-state index contributed by atoms with van der Waals surface area (Å²) in [4.78, 5) is 28.9. The first-order valence-electron chi connectivity index (χ1n) is 19.4. The number of hydrogen-bond acceptors (Lipinski definition) is 6. The molecule has 10 atom stereocenters. The number of carbonyl (C=O) groups excluding carboxylic acids is 2. The highest BCUT2D eigenvalue weighted by Gasteiger charge is 2.85. The zero-order valence-electron chi connectivity index (χ0n) is 30.7. The van der Waals surface area contributed by atoms with Crippen molar-refractivity contribution < 1.29 is 28.9 Å². The second kappa shape index (κ2) is 11.4. The number of nitrogens with zero attached hydrogens (tertiary/aromatic N) is 2. The van der Waals surface area contributed by atoms with E-state index in [0.717, 1.165) is 44.3 Å². The predicted molar refractivity (Wildman–Crippen MR) is 181 cm³/mol. The van der Waals surface area contributed by atoms with Crippen LogP contribution in [0.3, 0.4) is 0 Å². The monoisotopic (exact) mass is 665 g/mol. The van der Waals surface area contributed by atoms with E-state index < -0.39 is 6.10 Å². The maximum Gasteiger partial charge on any atom is 0.223 e. The van der Waals surface area contributed by atoms with Gasteiger partial charge in [0.2, 0.25) is 11.8 Å². The van der Waals surface area contributed by atoms with E-state index in [-0.39, 0.29) is 57.2 Å². The lowest BCUT2D eigenvalue weighted by molar-refractivity contribution is -0.242. The summed E-state index contributed by atoms with van der Waals surface area (Å²) in [6.07, 6.45) is 14.0. The van der Waals surface area contributed by atoms with Crippen LogP contribution in [0.2, 0.25) is 0 Å². The number of carbonyl (C=O) groups is 2. The zero-order valence-corrected chi connectivity index (χ0v) is 30.7. The molecule has 8 heteroatoms. The Labute approximate surface area is 289 Å². The maximum absolute atomic E-state index is 12.9. The number of morpholine rings is 1. The molecule has 0 aromatic rings. The Hall–Kier alpha value is -1.22. The van der Waals surface area contributed by atoms with Crippen molar-refractivity contribution in [3.05, 3.63) is 18.1 Å². The van der Waals surface area contributed by atoms with E-state index >= 15 is 0 Å². The average Bonchev–Trinajstić information content (AvgIpc) is 3.96. The Morgan fingerprint density at radius 1 is 1.06 bits per heavy atom. The van der Waals surface area contributed by atoms with Crippen LogP contribution < -0.4 is 0 Å². The molecule has 1 N–H and O–H groups in total. The fourth-order valence-corrected chi connectivity index (χ4v) is 13.2. The summed E-state index contributed by atoms with van der Waals surface area (Å²) in [7, 11) is 3.61. The molecule has 0 aromatic heterocycles. The summed E-state index contributed by atoms with van der Waals surface area (Å²) in [6, 6.07) is 0. The molecular weight excluding hydrogens is 604 g/mol. The molecule has 2 saturated heterocycles. The minimum absolute atomic E-state index is 0.00109. The SMILES string of the molecule is C[C@@H]1C[C](CCC(=O)N(C)C)O[C]2[C@H]1[C@@]1(C)CC[C@@]34C[C@@]35CC[C@H](O[C@H]3CN(C(=O)CC6CC6)CCO3)C(C)(C)[C@@H]5CC[C]4[C@]1(C)[C@H]2O. The molecule has 8 nitrogen and oxygen atoms in total. The lowest BCUT2D eigenvalue weighted by Crippen LogP contribution is -2.59. The molecule has 0 aromatic carbocycles. The first-order chi connectivity index (χ1) is 22.7. The number of hydrogen-bond donors (Lipinski definition) is 1. The van der Waals surface area contributed by atoms with Gasteiger partial charge in [0.05, 0.1) is 31.5 Å². The van der Waals surface area contributed by atoms with E-state index in [2.05, 4.69) is 34.6 Å². The molecule has 8 aliphatic rings. The molecule has 6 saturated carbocycles. The fraction of sp³-hybridized carbons (Fsp3) is 0.875. The van der Waals surface area contributed by atoms with Crippen LogP contribution in [0.4, 0.5) is 0 Å². The van der Waals surface area contributed by atoms with E-state index in [1.165, 1.54) is 32.1 Å². The van der Waals surface area contributed by atoms with Crippen molar-refractivity contribution in [2.75, 3.05) is 33.8 Å². The predicted octanol–water partition coefficient (Wildman–Crippen LogP) is 6.32. The standard InChI is InChI=1S/C40H61N2O6/c1-24-20-26(10-13-30(43)41(6)7)47-34-33(24)37(4)16-17-40-23-39(40)15-14-29(36(2,3)27(39)11-12-28(40)38(37,5)35(34)45)48-32-22-42(18-19-46-32)31(44)21-25-8-9-25/h24-25,27,29,32-33,35,45H,8-23H2,1-7H3/t24-,27+,29+,32+,33+,35+,37-,38-,39-,40+/m1/s1. The van der Waals surface area contributed by atoms with Gasteiger partial charge in [-0.05, 0) is 116 Å². The highest BCUT2D eigenvalue weighted by atomic mass is 16.7. The lowest BCUT2D eigenvalue weighted by Gasteiger charge is -2.63. The second-order valence-corrected chi connectivity index (χ2v) is 18.8. The van der Waals surface area contributed by atoms with E-state index in [4.69, 9.17) is 14.2 Å². The molecule has 48 heavy (non-hydrogen) atoms. The van der Waals surface area contributed by atoms with Crippen molar-refractivity contribution in [3.63, 3.8) is 0 Å². The highest BCUT2D eigenvalue weighted by molar-refractivity contribution is 5.77. The second-order valence-electron chi connectivity index (χ2n) is 18.8.